The summed E-state index contributed by atoms with van der Waals surface area (Å²) in [6.07, 6.45) is 6.67. The monoisotopic (exact) mass is 259 g/mol. The van der Waals surface area contributed by atoms with Crippen molar-refractivity contribution in [1.29, 1.82) is 0 Å². The molecule has 2 aromatic rings. The van der Waals surface area contributed by atoms with E-state index >= 15 is 0 Å². The van der Waals surface area contributed by atoms with Gasteiger partial charge in [-0.25, -0.2) is 9.97 Å². The molecule has 1 aliphatic heterocycles. The van der Waals surface area contributed by atoms with E-state index in [2.05, 4.69) is 23.4 Å². The van der Waals surface area contributed by atoms with Crippen molar-refractivity contribution in [2.45, 2.75) is 51.7 Å². The Kier molecular flexibility index (Phi) is 3.51. The van der Waals surface area contributed by atoms with Crippen molar-refractivity contribution in [3.05, 3.63) is 24.2 Å². The Hall–Kier alpha value is -1.42. The summed E-state index contributed by atoms with van der Waals surface area (Å²) in [6.45, 7) is 5.26. The second kappa shape index (κ2) is 5.29. The molecule has 4 heteroatoms. The molecule has 1 unspecified atom stereocenters. The van der Waals surface area contributed by atoms with Crippen LogP contribution < -0.4 is 0 Å². The maximum Gasteiger partial charge on any atom is 0.160 e. The Morgan fingerprint density at radius 3 is 3.05 bits per heavy atom. The van der Waals surface area contributed by atoms with Gasteiger partial charge in [-0.3, -0.25) is 0 Å². The van der Waals surface area contributed by atoms with Crippen LogP contribution in [-0.2, 0) is 11.2 Å². The maximum absolute atomic E-state index is 5.84. The van der Waals surface area contributed by atoms with Gasteiger partial charge in [0.25, 0.3) is 0 Å². The first-order valence-corrected chi connectivity index (χ1v) is 7.19. The Labute approximate surface area is 113 Å². The summed E-state index contributed by atoms with van der Waals surface area (Å²) < 4.78 is 8.08. The average molecular weight is 259 g/mol. The summed E-state index contributed by atoms with van der Waals surface area (Å²) in [5.74, 6) is 1.11. The highest BCUT2D eigenvalue weighted by Gasteiger charge is 2.20. The van der Waals surface area contributed by atoms with Gasteiger partial charge in [-0.05, 0) is 45.2 Å². The number of imidazole rings is 1. The number of hydrogen-bond donors (Lipinski definition) is 0. The summed E-state index contributed by atoms with van der Waals surface area (Å²) in [6, 6.07) is 4.35. The summed E-state index contributed by atoms with van der Waals surface area (Å²) in [4.78, 5) is 9.22. The Bertz CT molecular complexity index is 556. The molecule has 19 heavy (non-hydrogen) atoms. The lowest BCUT2D eigenvalue weighted by Crippen LogP contribution is -2.23. The molecule has 0 saturated carbocycles. The largest absolute Gasteiger partial charge is 0.378 e. The predicted molar refractivity (Wildman–Crippen MR) is 75.2 cm³/mol. The van der Waals surface area contributed by atoms with E-state index in [0.717, 1.165) is 36.4 Å². The standard InChI is InChI=1S/C15H21N3O/c1-11(2)18-14(10-12-6-3-4-9-19-12)17-13-7-5-8-16-15(13)18/h5,7-8,11-12H,3-4,6,9-10H2,1-2H3. The Morgan fingerprint density at radius 1 is 1.42 bits per heavy atom. The van der Waals surface area contributed by atoms with Crippen molar-refractivity contribution >= 4 is 11.2 Å². The highest BCUT2D eigenvalue weighted by atomic mass is 16.5. The SMILES string of the molecule is CC(C)n1c(CC2CCCCO2)nc2cccnc21. The number of pyridine rings is 1. The van der Waals surface area contributed by atoms with Crippen LogP contribution in [0.1, 0.15) is 45.0 Å². The molecule has 4 nitrogen and oxygen atoms in total. The van der Waals surface area contributed by atoms with Crippen LogP contribution in [0, 0.1) is 0 Å². The zero-order valence-electron chi connectivity index (χ0n) is 11.7. The molecule has 0 N–H and O–H groups in total. The molecule has 0 aromatic carbocycles. The van der Waals surface area contributed by atoms with E-state index in [-0.39, 0.29) is 0 Å². The molecular weight excluding hydrogens is 238 g/mol. The maximum atomic E-state index is 5.84. The molecule has 3 heterocycles. The molecule has 1 atom stereocenters. The molecule has 0 amide bonds. The quantitative estimate of drug-likeness (QED) is 0.850. The van der Waals surface area contributed by atoms with Gasteiger partial charge >= 0.3 is 0 Å². The normalized spacial score (nSPS) is 20.3. The van der Waals surface area contributed by atoms with E-state index in [1.165, 1.54) is 12.8 Å². The van der Waals surface area contributed by atoms with Crippen LogP contribution in [0.15, 0.2) is 18.3 Å². The topological polar surface area (TPSA) is 39.9 Å². The van der Waals surface area contributed by atoms with Crippen LogP contribution in [-0.4, -0.2) is 27.2 Å². The number of fused-ring (bicyclic) bond motifs is 1. The molecule has 2 aromatic heterocycles. The molecule has 0 bridgehead atoms. The fraction of sp³-hybridized carbons (Fsp3) is 0.600. The third-order valence-electron chi connectivity index (χ3n) is 3.72. The lowest BCUT2D eigenvalue weighted by Gasteiger charge is -2.23. The van der Waals surface area contributed by atoms with Crippen LogP contribution >= 0.6 is 0 Å². The smallest absolute Gasteiger partial charge is 0.160 e. The molecule has 102 valence electrons. The van der Waals surface area contributed by atoms with Crippen LogP contribution in [0.4, 0.5) is 0 Å². The predicted octanol–water partition coefficient (Wildman–Crippen LogP) is 3.12. The molecule has 0 radical (unpaired) electrons. The third-order valence-corrected chi connectivity index (χ3v) is 3.72. The van der Waals surface area contributed by atoms with Crippen molar-refractivity contribution in [1.82, 2.24) is 14.5 Å². The number of ether oxygens (including phenoxy) is 1. The molecule has 1 aliphatic rings. The van der Waals surface area contributed by atoms with Crippen LogP contribution in [0.25, 0.3) is 11.2 Å². The zero-order valence-corrected chi connectivity index (χ0v) is 11.7. The second-order valence-corrected chi connectivity index (χ2v) is 5.53. The zero-order chi connectivity index (χ0) is 13.2. The lowest BCUT2D eigenvalue weighted by molar-refractivity contribution is 0.0151. The first-order valence-electron chi connectivity index (χ1n) is 7.19. The first kappa shape index (κ1) is 12.6. The van der Waals surface area contributed by atoms with E-state index < -0.39 is 0 Å². The van der Waals surface area contributed by atoms with E-state index in [0.29, 0.717) is 12.1 Å². The molecule has 1 fully saturated rings. The van der Waals surface area contributed by atoms with Crippen molar-refractivity contribution in [3.8, 4) is 0 Å². The summed E-state index contributed by atoms with van der Waals surface area (Å²) >= 11 is 0. The fourth-order valence-corrected chi connectivity index (χ4v) is 2.84. The van der Waals surface area contributed by atoms with Crippen LogP contribution in [0.5, 0.6) is 0 Å². The van der Waals surface area contributed by atoms with Gasteiger partial charge in [-0.15, -0.1) is 0 Å². The third kappa shape index (κ3) is 2.50. The van der Waals surface area contributed by atoms with Gasteiger partial charge in [0.2, 0.25) is 0 Å². The van der Waals surface area contributed by atoms with Gasteiger partial charge < -0.3 is 9.30 Å². The minimum absolute atomic E-state index is 0.322. The molecule has 3 rings (SSSR count). The summed E-state index contributed by atoms with van der Waals surface area (Å²) in [5, 5.41) is 0. The number of aromatic nitrogens is 3. The minimum atomic E-state index is 0.322. The second-order valence-electron chi connectivity index (χ2n) is 5.53. The van der Waals surface area contributed by atoms with E-state index in [4.69, 9.17) is 9.72 Å². The highest BCUT2D eigenvalue weighted by Crippen LogP contribution is 2.23. The van der Waals surface area contributed by atoms with Gasteiger partial charge in [0.15, 0.2) is 5.65 Å². The van der Waals surface area contributed by atoms with Crippen molar-refractivity contribution in [2.24, 2.45) is 0 Å². The lowest BCUT2D eigenvalue weighted by atomic mass is 10.1. The van der Waals surface area contributed by atoms with Crippen LogP contribution in [0.2, 0.25) is 0 Å². The highest BCUT2D eigenvalue weighted by molar-refractivity contribution is 5.71. The van der Waals surface area contributed by atoms with Gasteiger partial charge in [-0.2, -0.15) is 0 Å². The van der Waals surface area contributed by atoms with Gasteiger partial charge in [0, 0.05) is 25.3 Å². The van der Waals surface area contributed by atoms with E-state index in [1.807, 2.05) is 18.3 Å². The molecular formula is C15H21N3O. The molecule has 1 saturated heterocycles. The summed E-state index contributed by atoms with van der Waals surface area (Å²) in [7, 11) is 0. The summed E-state index contributed by atoms with van der Waals surface area (Å²) in [5.41, 5.74) is 1.98. The van der Waals surface area contributed by atoms with Crippen molar-refractivity contribution < 1.29 is 4.74 Å². The van der Waals surface area contributed by atoms with Gasteiger partial charge in [-0.1, -0.05) is 0 Å². The first-order chi connectivity index (χ1) is 9.25. The Morgan fingerprint density at radius 2 is 2.32 bits per heavy atom. The van der Waals surface area contributed by atoms with E-state index in [1.54, 1.807) is 0 Å². The number of hydrogen-bond acceptors (Lipinski definition) is 3. The number of nitrogens with zero attached hydrogens (tertiary/aromatic N) is 3. The average Bonchev–Trinajstić information content (AvgIpc) is 2.77. The van der Waals surface area contributed by atoms with Crippen molar-refractivity contribution in [2.75, 3.05) is 6.61 Å². The van der Waals surface area contributed by atoms with E-state index in [9.17, 15) is 0 Å². The van der Waals surface area contributed by atoms with Crippen molar-refractivity contribution in [3.63, 3.8) is 0 Å². The fourth-order valence-electron chi connectivity index (χ4n) is 2.84. The number of rotatable bonds is 3. The van der Waals surface area contributed by atoms with Crippen LogP contribution in [0.3, 0.4) is 0 Å². The van der Waals surface area contributed by atoms with Gasteiger partial charge in [0.05, 0.1) is 6.10 Å². The minimum Gasteiger partial charge on any atom is -0.378 e. The molecule has 0 aliphatic carbocycles. The Balaban J connectivity index is 1.95. The van der Waals surface area contributed by atoms with Gasteiger partial charge in [0.1, 0.15) is 11.3 Å². The molecule has 0 spiro atoms.